The number of hydrogen-bond donors (Lipinski definition) is 2. The topological polar surface area (TPSA) is 77.6 Å². The van der Waals surface area contributed by atoms with Crippen LogP contribution in [0.3, 0.4) is 0 Å². The molecular weight excluding hydrogens is 525 g/mol. The summed E-state index contributed by atoms with van der Waals surface area (Å²) in [7, 11) is 5.52. The molecule has 206 valence electrons. The van der Waals surface area contributed by atoms with Crippen LogP contribution in [-0.4, -0.2) is 66.4 Å². The molecular formula is C28H37ClFN5O2S. The van der Waals surface area contributed by atoms with Crippen molar-refractivity contribution in [3.05, 3.63) is 62.8 Å². The van der Waals surface area contributed by atoms with Crippen LogP contribution in [0.25, 0.3) is 11.8 Å². The number of carbonyl (C=O) groups is 2. The molecule has 3 rings (SSSR count). The lowest BCUT2D eigenvalue weighted by Gasteiger charge is -2.28. The van der Waals surface area contributed by atoms with Crippen LogP contribution in [0.4, 0.5) is 4.39 Å². The zero-order chi connectivity index (χ0) is 28.0. The van der Waals surface area contributed by atoms with Crippen molar-refractivity contribution < 1.29 is 14.0 Å². The Kier molecular flexibility index (Phi) is 10.5. The molecule has 1 aromatic carbocycles. The van der Waals surface area contributed by atoms with Gasteiger partial charge in [-0.05, 0) is 50.6 Å². The van der Waals surface area contributed by atoms with Crippen LogP contribution in [-0.2, 0) is 22.6 Å². The van der Waals surface area contributed by atoms with Crippen molar-refractivity contribution in [1.29, 1.82) is 0 Å². The fraction of sp³-hybridized carbons (Fsp3) is 0.464. The summed E-state index contributed by atoms with van der Waals surface area (Å²) in [6.07, 6.45) is 3.08. The first-order chi connectivity index (χ1) is 17.9. The van der Waals surface area contributed by atoms with E-state index in [-0.39, 0.29) is 17.9 Å². The third-order valence-electron chi connectivity index (χ3n) is 6.66. The quantitative estimate of drug-likeness (QED) is 0.388. The number of benzene rings is 1. The molecule has 2 heterocycles. The van der Waals surface area contributed by atoms with Gasteiger partial charge in [-0.15, -0.1) is 11.3 Å². The highest BCUT2D eigenvalue weighted by molar-refractivity contribution is 7.12. The van der Waals surface area contributed by atoms with Gasteiger partial charge in [-0.1, -0.05) is 37.2 Å². The maximum atomic E-state index is 14.8. The average molecular weight is 562 g/mol. The largest absolute Gasteiger partial charge is 0.379 e. The van der Waals surface area contributed by atoms with E-state index in [1.165, 1.54) is 11.0 Å². The molecule has 10 heteroatoms. The number of aromatic nitrogens is 1. The van der Waals surface area contributed by atoms with Crippen LogP contribution in [0.2, 0.25) is 5.02 Å². The van der Waals surface area contributed by atoms with E-state index in [0.29, 0.717) is 29.1 Å². The summed E-state index contributed by atoms with van der Waals surface area (Å²) in [5.41, 5.74) is 2.30. The van der Waals surface area contributed by atoms with Gasteiger partial charge in [0, 0.05) is 61.5 Å². The first kappa shape index (κ1) is 29.8. The molecule has 0 saturated carbocycles. The van der Waals surface area contributed by atoms with Gasteiger partial charge < -0.3 is 20.4 Å². The van der Waals surface area contributed by atoms with E-state index in [1.54, 1.807) is 54.6 Å². The van der Waals surface area contributed by atoms with Gasteiger partial charge in [-0.25, -0.2) is 9.37 Å². The lowest BCUT2D eigenvalue weighted by molar-refractivity contribution is -0.132. The average Bonchev–Trinajstić information content (AvgIpc) is 3.30. The second-order valence-electron chi connectivity index (χ2n) is 10.1. The van der Waals surface area contributed by atoms with E-state index < -0.39 is 17.8 Å². The third-order valence-corrected chi connectivity index (χ3v) is 8.05. The lowest BCUT2D eigenvalue weighted by atomic mass is 9.96. The predicted octanol–water partition coefficient (Wildman–Crippen LogP) is 4.73. The minimum atomic E-state index is -0.905. The molecule has 0 spiro atoms. The molecule has 0 unspecified atom stereocenters. The van der Waals surface area contributed by atoms with Gasteiger partial charge in [0.25, 0.3) is 5.91 Å². The van der Waals surface area contributed by atoms with Crippen molar-refractivity contribution in [2.45, 2.75) is 51.7 Å². The van der Waals surface area contributed by atoms with E-state index in [2.05, 4.69) is 29.2 Å². The molecule has 0 bridgehead atoms. The van der Waals surface area contributed by atoms with Crippen LogP contribution < -0.4 is 10.6 Å². The molecule has 2 amide bonds. The fourth-order valence-corrected chi connectivity index (χ4v) is 5.59. The highest BCUT2D eigenvalue weighted by Gasteiger charge is 2.26. The molecule has 1 aliphatic heterocycles. The Hall–Kier alpha value is -2.75. The lowest BCUT2D eigenvalue weighted by Crippen LogP contribution is -2.48. The Morgan fingerprint density at radius 2 is 1.92 bits per heavy atom. The molecule has 0 fully saturated rings. The molecule has 0 radical (unpaired) electrons. The molecule has 7 nitrogen and oxygen atoms in total. The van der Waals surface area contributed by atoms with E-state index in [1.807, 2.05) is 13.8 Å². The van der Waals surface area contributed by atoms with Crippen molar-refractivity contribution >= 4 is 46.5 Å². The monoisotopic (exact) mass is 561 g/mol. The Morgan fingerprint density at radius 1 is 1.24 bits per heavy atom. The van der Waals surface area contributed by atoms with Gasteiger partial charge in [0.1, 0.15) is 5.01 Å². The Morgan fingerprint density at radius 3 is 2.58 bits per heavy atom. The number of rotatable bonds is 11. The van der Waals surface area contributed by atoms with Gasteiger partial charge in [-0.3, -0.25) is 9.59 Å². The number of nitrogens with one attached hydrogen (secondary N) is 2. The summed E-state index contributed by atoms with van der Waals surface area (Å²) in [5.74, 6) is -1.95. The van der Waals surface area contributed by atoms with Crippen LogP contribution >= 0.6 is 22.9 Å². The van der Waals surface area contributed by atoms with Gasteiger partial charge in [0.2, 0.25) is 5.91 Å². The van der Waals surface area contributed by atoms with Gasteiger partial charge in [-0.2, -0.15) is 0 Å². The van der Waals surface area contributed by atoms with E-state index in [9.17, 15) is 14.0 Å². The summed E-state index contributed by atoms with van der Waals surface area (Å²) in [6.45, 7) is 9.80. The normalized spacial score (nSPS) is 16.2. The summed E-state index contributed by atoms with van der Waals surface area (Å²) < 4.78 is 14.8. The molecule has 2 N–H and O–H groups in total. The third kappa shape index (κ3) is 8.12. The van der Waals surface area contributed by atoms with Gasteiger partial charge in [0.15, 0.2) is 5.83 Å². The maximum absolute atomic E-state index is 14.8. The van der Waals surface area contributed by atoms with Crippen LogP contribution in [0.5, 0.6) is 0 Å². The number of thiazole rings is 1. The first-order valence-corrected chi connectivity index (χ1v) is 13.9. The minimum absolute atomic E-state index is 0.00671. The summed E-state index contributed by atoms with van der Waals surface area (Å²) in [4.78, 5) is 35.0. The number of carbonyl (C=O) groups excluding carboxylic acids is 2. The molecule has 1 aromatic heterocycles. The van der Waals surface area contributed by atoms with Crippen LogP contribution in [0, 0.1) is 5.92 Å². The molecule has 3 atom stereocenters. The van der Waals surface area contributed by atoms with Gasteiger partial charge >= 0.3 is 0 Å². The zero-order valence-corrected chi connectivity index (χ0v) is 24.3. The molecule has 2 aromatic rings. The van der Waals surface area contributed by atoms with E-state index in [0.717, 1.165) is 30.2 Å². The summed E-state index contributed by atoms with van der Waals surface area (Å²) in [6, 6.07) is 5.80. The number of amides is 2. The number of fused-ring (bicyclic) bond motifs is 1. The zero-order valence-electron chi connectivity index (χ0n) is 22.7. The summed E-state index contributed by atoms with van der Waals surface area (Å²) >= 11 is 7.51. The number of likely N-dealkylation sites (N-methyl/N-ethyl adjacent to an activating group) is 1. The number of hydrogen-bond acceptors (Lipinski definition) is 6. The SMILES string of the molecule is C=C(N[C@H](C)[C@H](CC[C@@H](C)C(=O)N(C)C)NC(=O)/C(F)=C/c1ccc(Cl)cc1)c1nc2c(s1)CN(C)CC2. The summed E-state index contributed by atoms with van der Waals surface area (Å²) in [5, 5.41) is 7.53. The Bertz CT molecular complexity index is 1180. The Balaban J connectivity index is 1.72. The highest BCUT2D eigenvalue weighted by atomic mass is 35.5. The molecule has 0 aliphatic carbocycles. The standard InChI is InChI=1S/C28H37ClFN5O2S/c1-17(28(37)34(4)5)7-12-23(32-26(36)22(30)15-20-8-10-21(29)11-9-20)18(2)31-19(3)27-33-24-13-14-35(6)16-25(24)38-27/h8-11,15,17-18,23,31H,3,7,12-14,16H2,1-2,4-6H3,(H,32,36)/b22-15-/t17-,18-,23+/m1/s1. The highest BCUT2D eigenvalue weighted by Crippen LogP contribution is 2.28. The van der Waals surface area contributed by atoms with Crippen LogP contribution in [0.15, 0.2) is 36.7 Å². The van der Waals surface area contributed by atoms with Gasteiger partial charge in [0.05, 0.1) is 11.4 Å². The second-order valence-corrected chi connectivity index (χ2v) is 11.6. The van der Waals surface area contributed by atoms with Crippen molar-refractivity contribution in [3.63, 3.8) is 0 Å². The Labute approximate surface area is 233 Å². The molecule has 38 heavy (non-hydrogen) atoms. The van der Waals surface area contributed by atoms with Crippen molar-refractivity contribution in [2.75, 3.05) is 27.7 Å². The maximum Gasteiger partial charge on any atom is 0.280 e. The second kappa shape index (κ2) is 13.4. The molecule has 0 saturated heterocycles. The minimum Gasteiger partial charge on any atom is -0.379 e. The van der Waals surface area contributed by atoms with Crippen molar-refractivity contribution in [3.8, 4) is 0 Å². The molecule has 1 aliphatic rings. The van der Waals surface area contributed by atoms with E-state index >= 15 is 0 Å². The van der Waals surface area contributed by atoms with Crippen LogP contribution in [0.1, 0.15) is 47.8 Å². The smallest absolute Gasteiger partial charge is 0.280 e. The number of halogens is 2. The predicted molar refractivity (Wildman–Crippen MR) is 153 cm³/mol. The van der Waals surface area contributed by atoms with Crippen molar-refractivity contribution in [1.82, 2.24) is 25.4 Å². The van der Waals surface area contributed by atoms with E-state index in [4.69, 9.17) is 16.6 Å². The first-order valence-electron chi connectivity index (χ1n) is 12.7. The fourth-order valence-electron chi connectivity index (χ4n) is 4.34. The van der Waals surface area contributed by atoms with Crippen molar-refractivity contribution in [2.24, 2.45) is 5.92 Å². The number of nitrogens with zero attached hydrogens (tertiary/aromatic N) is 3.